The number of anilines is 2. The van der Waals surface area contributed by atoms with Gasteiger partial charge in [0, 0.05) is 24.2 Å². The number of hydrogen-bond acceptors (Lipinski definition) is 3. The van der Waals surface area contributed by atoms with E-state index in [9.17, 15) is 9.18 Å². The van der Waals surface area contributed by atoms with Crippen LogP contribution < -0.4 is 10.2 Å². The first-order valence-electron chi connectivity index (χ1n) is 6.73. The third kappa shape index (κ3) is 3.37. The van der Waals surface area contributed by atoms with Gasteiger partial charge in [-0.25, -0.2) is 4.39 Å². The first kappa shape index (κ1) is 14.8. The molecule has 0 bridgehead atoms. The van der Waals surface area contributed by atoms with Crippen molar-refractivity contribution in [2.75, 3.05) is 23.3 Å². The molecule has 110 valence electrons. The van der Waals surface area contributed by atoms with Crippen LogP contribution in [-0.4, -0.2) is 19.0 Å². The SMILES string of the molecule is O=C(Nc1ccc(N2CCCC2)c(F)c1)c1csc(I)c1. The molecule has 1 amide bonds. The summed E-state index contributed by atoms with van der Waals surface area (Å²) in [5, 5.41) is 4.53. The molecule has 21 heavy (non-hydrogen) atoms. The van der Waals surface area contributed by atoms with Crippen LogP contribution in [0.3, 0.4) is 0 Å². The minimum atomic E-state index is -0.283. The smallest absolute Gasteiger partial charge is 0.256 e. The van der Waals surface area contributed by atoms with E-state index in [0.29, 0.717) is 16.9 Å². The normalized spacial score (nSPS) is 14.5. The highest BCUT2D eigenvalue weighted by atomic mass is 127. The predicted octanol–water partition coefficient (Wildman–Crippen LogP) is 4.34. The van der Waals surface area contributed by atoms with Crippen molar-refractivity contribution in [3.63, 3.8) is 0 Å². The van der Waals surface area contributed by atoms with Crippen LogP contribution in [0.4, 0.5) is 15.8 Å². The number of nitrogens with one attached hydrogen (secondary N) is 1. The molecule has 1 saturated heterocycles. The van der Waals surface area contributed by atoms with Gasteiger partial charge in [-0.2, -0.15) is 0 Å². The van der Waals surface area contributed by atoms with E-state index in [4.69, 9.17) is 0 Å². The molecule has 1 aliphatic rings. The van der Waals surface area contributed by atoms with Gasteiger partial charge in [-0.05, 0) is 59.7 Å². The van der Waals surface area contributed by atoms with E-state index in [1.54, 1.807) is 17.5 Å². The predicted molar refractivity (Wildman–Crippen MR) is 92.8 cm³/mol. The minimum absolute atomic E-state index is 0.206. The molecule has 0 atom stereocenters. The van der Waals surface area contributed by atoms with Gasteiger partial charge >= 0.3 is 0 Å². The second-order valence-electron chi connectivity index (χ2n) is 4.95. The fraction of sp³-hybridized carbons (Fsp3) is 0.267. The highest BCUT2D eigenvalue weighted by Crippen LogP contribution is 2.26. The van der Waals surface area contributed by atoms with Gasteiger partial charge in [0.05, 0.1) is 14.1 Å². The molecule has 3 nitrogen and oxygen atoms in total. The number of amides is 1. The van der Waals surface area contributed by atoms with Crippen LogP contribution in [0.25, 0.3) is 0 Å². The topological polar surface area (TPSA) is 32.3 Å². The number of benzene rings is 1. The summed E-state index contributed by atoms with van der Waals surface area (Å²) in [6.45, 7) is 1.80. The zero-order valence-electron chi connectivity index (χ0n) is 11.2. The van der Waals surface area contributed by atoms with Gasteiger partial charge < -0.3 is 10.2 Å². The molecule has 1 aromatic heterocycles. The molecule has 1 aromatic carbocycles. The summed E-state index contributed by atoms with van der Waals surface area (Å²) < 4.78 is 15.2. The highest BCUT2D eigenvalue weighted by Gasteiger charge is 2.17. The summed E-state index contributed by atoms with van der Waals surface area (Å²) in [4.78, 5) is 14.1. The second-order valence-corrected chi connectivity index (χ2v) is 7.76. The van der Waals surface area contributed by atoms with Gasteiger partial charge in [-0.3, -0.25) is 4.79 Å². The molecular formula is C15H14FIN2OS. The molecule has 0 radical (unpaired) electrons. The van der Waals surface area contributed by atoms with E-state index in [0.717, 1.165) is 28.8 Å². The number of hydrogen-bond donors (Lipinski definition) is 1. The van der Waals surface area contributed by atoms with E-state index >= 15 is 0 Å². The van der Waals surface area contributed by atoms with Crippen molar-refractivity contribution in [3.8, 4) is 0 Å². The van der Waals surface area contributed by atoms with E-state index in [2.05, 4.69) is 27.9 Å². The largest absolute Gasteiger partial charge is 0.369 e. The van der Waals surface area contributed by atoms with Crippen LogP contribution in [0, 0.1) is 8.70 Å². The molecule has 1 fully saturated rings. The molecule has 6 heteroatoms. The van der Waals surface area contributed by atoms with Crippen molar-refractivity contribution < 1.29 is 9.18 Å². The second kappa shape index (κ2) is 6.31. The fourth-order valence-electron chi connectivity index (χ4n) is 2.43. The number of carbonyl (C=O) groups excluding carboxylic acids is 1. The lowest BCUT2D eigenvalue weighted by atomic mass is 10.2. The first-order valence-corrected chi connectivity index (χ1v) is 8.69. The number of thiophene rings is 1. The molecule has 0 unspecified atom stereocenters. The molecule has 1 aliphatic heterocycles. The summed E-state index contributed by atoms with van der Waals surface area (Å²) in [6, 6.07) is 6.71. The summed E-state index contributed by atoms with van der Waals surface area (Å²) in [6.07, 6.45) is 2.21. The monoisotopic (exact) mass is 416 g/mol. The fourth-order valence-corrected chi connectivity index (χ4v) is 3.76. The third-order valence-electron chi connectivity index (χ3n) is 3.48. The Bertz CT molecular complexity index is 667. The lowest BCUT2D eigenvalue weighted by molar-refractivity contribution is 0.102. The van der Waals surface area contributed by atoms with E-state index < -0.39 is 0 Å². The maximum absolute atomic E-state index is 14.2. The van der Waals surface area contributed by atoms with Gasteiger partial charge in [-0.15, -0.1) is 11.3 Å². The molecule has 3 rings (SSSR count). The standard InChI is InChI=1S/C15H14FIN2OS/c16-12-8-11(3-4-13(12)19-5-1-2-6-19)18-15(20)10-7-14(17)21-9-10/h3-4,7-9H,1-2,5-6H2,(H,18,20). The number of halogens is 2. The lowest BCUT2D eigenvalue weighted by Gasteiger charge is -2.18. The van der Waals surface area contributed by atoms with E-state index in [1.165, 1.54) is 17.4 Å². The maximum Gasteiger partial charge on any atom is 0.256 e. The van der Waals surface area contributed by atoms with Gasteiger partial charge in [-0.1, -0.05) is 0 Å². The summed E-state index contributed by atoms with van der Waals surface area (Å²) in [5.74, 6) is -0.489. The van der Waals surface area contributed by atoms with Crippen molar-refractivity contribution in [3.05, 3.63) is 43.9 Å². The Morgan fingerprint density at radius 1 is 1.29 bits per heavy atom. The Balaban J connectivity index is 1.74. The Kier molecular flexibility index (Phi) is 4.44. The molecule has 1 N–H and O–H groups in total. The maximum atomic E-state index is 14.2. The zero-order valence-corrected chi connectivity index (χ0v) is 14.2. The van der Waals surface area contributed by atoms with Gasteiger partial charge in [0.25, 0.3) is 5.91 Å². The molecule has 2 heterocycles. The van der Waals surface area contributed by atoms with Crippen molar-refractivity contribution in [2.45, 2.75) is 12.8 Å². The summed E-state index contributed by atoms with van der Waals surface area (Å²) in [5.41, 5.74) is 1.71. The Morgan fingerprint density at radius 3 is 2.67 bits per heavy atom. The molecule has 0 saturated carbocycles. The van der Waals surface area contributed by atoms with Crippen LogP contribution in [-0.2, 0) is 0 Å². The Labute approximate surface area is 140 Å². The summed E-state index contributed by atoms with van der Waals surface area (Å²) in [7, 11) is 0. The van der Waals surface area contributed by atoms with Crippen molar-refractivity contribution in [1.82, 2.24) is 0 Å². The average molecular weight is 416 g/mol. The third-order valence-corrected chi connectivity index (χ3v) is 5.27. The van der Waals surface area contributed by atoms with Crippen LogP contribution >= 0.6 is 33.9 Å². The quantitative estimate of drug-likeness (QED) is 0.755. The summed E-state index contributed by atoms with van der Waals surface area (Å²) >= 11 is 3.68. The van der Waals surface area contributed by atoms with Crippen molar-refractivity contribution in [2.24, 2.45) is 0 Å². The first-order chi connectivity index (χ1) is 10.1. The average Bonchev–Trinajstić information content (AvgIpc) is 3.10. The number of carbonyl (C=O) groups is 1. The number of nitrogens with zero attached hydrogens (tertiary/aromatic N) is 1. The lowest BCUT2D eigenvalue weighted by Crippen LogP contribution is -2.19. The highest BCUT2D eigenvalue weighted by molar-refractivity contribution is 14.1. The van der Waals surface area contributed by atoms with Crippen LogP contribution in [0.15, 0.2) is 29.6 Å². The van der Waals surface area contributed by atoms with E-state index in [-0.39, 0.29) is 11.7 Å². The van der Waals surface area contributed by atoms with Crippen LogP contribution in [0.5, 0.6) is 0 Å². The molecule has 0 aliphatic carbocycles. The van der Waals surface area contributed by atoms with Crippen molar-refractivity contribution >= 4 is 51.2 Å². The Hall–Kier alpha value is -1.15. The van der Waals surface area contributed by atoms with Gasteiger partial charge in [0.15, 0.2) is 0 Å². The Morgan fingerprint density at radius 2 is 2.05 bits per heavy atom. The number of rotatable bonds is 3. The molecular weight excluding hydrogens is 402 g/mol. The molecule has 2 aromatic rings. The van der Waals surface area contributed by atoms with Crippen LogP contribution in [0.1, 0.15) is 23.2 Å². The minimum Gasteiger partial charge on any atom is -0.369 e. The van der Waals surface area contributed by atoms with E-state index in [1.807, 2.05) is 11.0 Å². The van der Waals surface area contributed by atoms with Gasteiger partial charge in [0.2, 0.25) is 0 Å². The zero-order chi connectivity index (χ0) is 14.8. The van der Waals surface area contributed by atoms with Gasteiger partial charge in [0.1, 0.15) is 5.82 Å². The van der Waals surface area contributed by atoms with Crippen molar-refractivity contribution in [1.29, 1.82) is 0 Å². The van der Waals surface area contributed by atoms with Crippen LogP contribution in [0.2, 0.25) is 0 Å². The molecule has 0 spiro atoms.